The first-order valence-corrected chi connectivity index (χ1v) is 15.4. The average molecular weight is 597 g/mol. The van der Waals surface area contributed by atoms with Gasteiger partial charge in [0.05, 0.1) is 41.2 Å². The van der Waals surface area contributed by atoms with Crippen LogP contribution in [0, 0.1) is 11.7 Å². The molecule has 43 heavy (non-hydrogen) atoms. The minimum Gasteiger partial charge on any atom is -0.338 e. The molecule has 0 unspecified atom stereocenters. The van der Waals surface area contributed by atoms with Gasteiger partial charge >= 0.3 is 0 Å². The van der Waals surface area contributed by atoms with Crippen molar-refractivity contribution in [3.8, 4) is 33.8 Å². The molecule has 6 aromatic rings. The lowest BCUT2D eigenvalue weighted by Crippen LogP contribution is -2.21. The van der Waals surface area contributed by atoms with Gasteiger partial charge in [0.2, 0.25) is 15.9 Å². The second kappa shape index (κ2) is 10.4. The molecule has 1 fully saturated rings. The number of nitrogens with zero attached hydrogens (tertiary/aromatic N) is 4. The second-order valence-corrected chi connectivity index (χ2v) is 12.5. The van der Waals surface area contributed by atoms with E-state index >= 15 is 0 Å². The quantitative estimate of drug-likeness (QED) is 0.197. The maximum absolute atomic E-state index is 14.6. The number of H-pyrrole nitrogens is 2. The van der Waals surface area contributed by atoms with Gasteiger partial charge in [-0.1, -0.05) is 0 Å². The van der Waals surface area contributed by atoms with Crippen LogP contribution < -0.4 is 10.0 Å². The van der Waals surface area contributed by atoms with Gasteiger partial charge in [0.1, 0.15) is 17.2 Å². The summed E-state index contributed by atoms with van der Waals surface area (Å²) in [4.78, 5) is 28.9. The summed E-state index contributed by atoms with van der Waals surface area (Å²) in [5, 5.41) is 12.0. The van der Waals surface area contributed by atoms with Gasteiger partial charge in [-0.25, -0.2) is 22.5 Å². The molecule has 0 spiro atoms. The van der Waals surface area contributed by atoms with E-state index in [4.69, 9.17) is 0 Å². The van der Waals surface area contributed by atoms with Crippen molar-refractivity contribution in [2.75, 3.05) is 11.6 Å². The Bertz CT molecular complexity index is 2150. The Morgan fingerprint density at radius 2 is 1.88 bits per heavy atom. The van der Waals surface area contributed by atoms with Crippen LogP contribution in [0.15, 0.2) is 67.3 Å². The molecule has 7 rings (SSSR count). The van der Waals surface area contributed by atoms with Gasteiger partial charge in [-0.15, -0.1) is 0 Å². The third kappa shape index (κ3) is 5.59. The summed E-state index contributed by atoms with van der Waals surface area (Å²) in [5.74, 6) is -0.392. The number of fused-ring (bicyclic) bond motifs is 2. The molecule has 1 aromatic carbocycles. The number of rotatable bonds is 8. The zero-order valence-electron chi connectivity index (χ0n) is 22.8. The number of aromatic amines is 2. The molecule has 13 heteroatoms. The second-order valence-electron chi connectivity index (χ2n) is 10.7. The first-order chi connectivity index (χ1) is 20.7. The van der Waals surface area contributed by atoms with E-state index in [2.05, 4.69) is 40.2 Å². The highest BCUT2D eigenvalue weighted by Crippen LogP contribution is 2.35. The highest BCUT2D eigenvalue weighted by Gasteiger charge is 2.29. The summed E-state index contributed by atoms with van der Waals surface area (Å²) in [6.45, 7) is -0.0306. The SMILES string of the molecule is CS(=O)(=O)NCc1cc(F)cc(-c2ccnc3[nH]c(-c4n[nH]c5cnc(-c6cncc(NC(=O)C7CC7)c6)cc45)cc23)c1. The molecule has 1 aliphatic carbocycles. The predicted octanol–water partition coefficient (Wildman–Crippen LogP) is 4.77. The van der Waals surface area contributed by atoms with Crippen molar-refractivity contribution in [2.45, 2.75) is 19.4 Å². The Kier molecular flexibility index (Phi) is 6.47. The van der Waals surface area contributed by atoms with Gasteiger partial charge in [0.15, 0.2) is 0 Å². The van der Waals surface area contributed by atoms with Crippen LogP contribution >= 0.6 is 0 Å². The summed E-state index contributed by atoms with van der Waals surface area (Å²) in [5.41, 5.74) is 6.48. The van der Waals surface area contributed by atoms with Crippen molar-refractivity contribution in [1.29, 1.82) is 0 Å². The number of anilines is 1. The van der Waals surface area contributed by atoms with Crippen molar-refractivity contribution in [3.63, 3.8) is 0 Å². The van der Waals surface area contributed by atoms with E-state index in [0.717, 1.165) is 46.5 Å². The van der Waals surface area contributed by atoms with Gasteiger partial charge in [0.25, 0.3) is 0 Å². The maximum Gasteiger partial charge on any atom is 0.227 e. The van der Waals surface area contributed by atoms with Crippen LogP contribution in [-0.2, 0) is 21.4 Å². The van der Waals surface area contributed by atoms with Crippen LogP contribution in [0.5, 0.6) is 0 Å². The lowest BCUT2D eigenvalue weighted by atomic mass is 10.0. The van der Waals surface area contributed by atoms with Crippen molar-refractivity contribution >= 4 is 43.6 Å². The lowest BCUT2D eigenvalue weighted by Gasteiger charge is -2.08. The van der Waals surface area contributed by atoms with Crippen molar-refractivity contribution in [1.82, 2.24) is 34.9 Å². The number of hydrogen-bond donors (Lipinski definition) is 4. The summed E-state index contributed by atoms with van der Waals surface area (Å²) >= 11 is 0. The third-order valence-electron chi connectivity index (χ3n) is 7.29. The molecular formula is C30H25FN8O3S. The maximum atomic E-state index is 14.6. The Morgan fingerprint density at radius 1 is 1.02 bits per heavy atom. The monoisotopic (exact) mass is 596 g/mol. The molecule has 216 valence electrons. The highest BCUT2D eigenvalue weighted by atomic mass is 32.2. The van der Waals surface area contributed by atoms with Gasteiger partial charge in [-0.3, -0.25) is 19.9 Å². The number of nitrogens with one attached hydrogen (secondary N) is 4. The van der Waals surface area contributed by atoms with Crippen LogP contribution in [0.2, 0.25) is 0 Å². The summed E-state index contributed by atoms with van der Waals surface area (Å²) in [6.07, 6.45) is 9.52. The summed E-state index contributed by atoms with van der Waals surface area (Å²) in [6, 6.07) is 11.9. The standard InChI is InChI=1S/C30H25FN8O3S/c1-43(41,42)35-12-16-6-18(8-20(31)7-16)22-4-5-33-29-23(22)10-26(37-29)28-24-11-25(34-15-27(24)38-39-28)19-9-21(14-32-13-19)36-30(40)17-2-3-17/h4-11,13-15,17,35H,2-3,12H2,1H3,(H,33,37)(H,36,40)(H,38,39). The molecule has 1 saturated carbocycles. The number of carbonyl (C=O) groups excluding carboxylic acids is 1. The molecular weight excluding hydrogens is 571 g/mol. The number of aromatic nitrogens is 6. The molecule has 11 nitrogen and oxygen atoms in total. The van der Waals surface area contributed by atoms with Gasteiger partial charge in [-0.05, 0) is 72.0 Å². The van der Waals surface area contributed by atoms with Crippen molar-refractivity contribution in [2.24, 2.45) is 5.92 Å². The molecule has 0 radical (unpaired) electrons. The largest absolute Gasteiger partial charge is 0.338 e. The molecule has 1 aliphatic rings. The minimum atomic E-state index is -3.44. The van der Waals surface area contributed by atoms with Gasteiger partial charge < -0.3 is 10.3 Å². The van der Waals surface area contributed by atoms with E-state index in [0.29, 0.717) is 39.5 Å². The third-order valence-corrected chi connectivity index (χ3v) is 7.96. The van der Waals surface area contributed by atoms with E-state index in [1.165, 1.54) is 12.1 Å². The molecule has 0 bridgehead atoms. The Hall–Kier alpha value is -5.01. The Balaban J connectivity index is 1.25. The molecule has 0 aliphatic heterocycles. The summed E-state index contributed by atoms with van der Waals surface area (Å²) < 4.78 is 40.1. The number of sulfonamides is 1. The van der Waals surface area contributed by atoms with Crippen LogP contribution in [0.1, 0.15) is 18.4 Å². The van der Waals surface area contributed by atoms with E-state index in [9.17, 15) is 17.6 Å². The van der Waals surface area contributed by atoms with Gasteiger partial charge in [0, 0.05) is 41.2 Å². The predicted molar refractivity (Wildman–Crippen MR) is 161 cm³/mol. The van der Waals surface area contributed by atoms with Gasteiger partial charge in [-0.2, -0.15) is 5.10 Å². The van der Waals surface area contributed by atoms with Crippen LogP contribution in [0.25, 0.3) is 55.7 Å². The number of amides is 1. The van der Waals surface area contributed by atoms with E-state index in [-0.39, 0.29) is 18.4 Å². The van der Waals surface area contributed by atoms with Crippen molar-refractivity contribution < 1.29 is 17.6 Å². The van der Waals surface area contributed by atoms with E-state index < -0.39 is 15.8 Å². The van der Waals surface area contributed by atoms with E-state index in [1.807, 2.05) is 18.2 Å². The molecule has 1 amide bonds. The fourth-order valence-electron chi connectivity index (χ4n) is 5.05. The summed E-state index contributed by atoms with van der Waals surface area (Å²) in [7, 11) is -3.44. The van der Waals surface area contributed by atoms with Crippen molar-refractivity contribution in [3.05, 3.63) is 78.6 Å². The van der Waals surface area contributed by atoms with Crippen LogP contribution in [0.4, 0.5) is 10.1 Å². The number of hydrogen-bond acceptors (Lipinski definition) is 7. The lowest BCUT2D eigenvalue weighted by molar-refractivity contribution is -0.117. The topological polar surface area (TPSA) is 158 Å². The molecule has 5 heterocycles. The fraction of sp³-hybridized carbons (Fsp3) is 0.167. The Morgan fingerprint density at radius 3 is 2.70 bits per heavy atom. The molecule has 0 atom stereocenters. The smallest absolute Gasteiger partial charge is 0.227 e. The number of pyridine rings is 3. The van der Waals surface area contributed by atoms with Crippen LogP contribution in [0.3, 0.4) is 0 Å². The van der Waals surface area contributed by atoms with E-state index in [1.54, 1.807) is 36.9 Å². The van der Waals surface area contributed by atoms with Crippen LogP contribution in [-0.4, -0.2) is 50.7 Å². The minimum absolute atomic E-state index is 0.00584. The Labute approximate surface area is 245 Å². The zero-order valence-corrected chi connectivity index (χ0v) is 23.7. The zero-order chi connectivity index (χ0) is 29.7. The normalized spacial score (nSPS) is 13.5. The number of halogens is 1. The first kappa shape index (κ1) is 26.9. The molecule has 0 saturated heterocycles. The molecule has 5 aromatic heterocycles. The highest BCUT2D eigenvalue weighted by molar-refractivity contribution is 7.88. The fourth-order valence-corrected chi connectivity index (χ4v) is 5.48. The average Bonchev–Trinajstić information content (AvgIpc) is 3.61. The first-order valence-electron chi connectivity index (χ1n) is 13.5. The number of carbonyl (C=O) groups is 1. The number of benzene rings is 1. The molecule has 4 N–H and O–H groups in total.